The van der Waals surface area contributed by atoms with E-state index in [0.717, 1.165) is 13.2 Å². The molecule has 0 unspecified atom stereocenters. The normalized spacial score (nSPS) is 10.5. The number of methoxy groups -OCH3 is 1. The van der Waals surface area contributed by atoms with E-state index >= 15 is 0 Å². The zero-order chi connectivity index (χ0) is 11.6. The van der Waals surface area contributed by atoms with Crippen molar-refractivity contribution in [1.29, 1.82) is 0 Å². The van der Waals surface area contributed by atoms with Crippen molar-refractivity contribution < 1.29 is 18.4 Å². The van der Waals surface area contributed by atoms with Gasteiger partial charge in [-0.25, -0.2) is 13.8 Å². The summed E-state index contributed by atoms with van der Waals surface area (Å²) in [4.78, 5) is 13.1. The van der Waals surface area contributed by atoms with Gasteiger partial charge in [0, 0.05) is 6.07 Å². The van der Waals surface area contributed by atoms with Crippen molar-refractivity contribution in [2.24, 2.45) is 0 Å². The Labute approximate surface area is 91.3 Å². The predicted octanol–water partition coefficient (Wildman–Crippen LogP) is 2.70. The highest BCUT2D eigenvalue weighted by atomic mass is 79.9. The second-order valence-electron chi connectivity index (χ2n) is 2.44. The van der Waals surface area contributed by atoms with Crippen LogP contribution in [0.15, 0.2) is 10.5 Å². The molecule has 0 atom stereocenters. The Hall–Kier alpha value is -1.31. The van der Waals surface area contributed by atoms with Gasteiger partial charge in [-0.05, 0) is 15.9 Å². The van der Waals surface area contributed by atoms with Crippen LogP contribution in [0, 0.1) is 10.1 Å². The second-order valence-corrected chi connectivity index (χ2v) is 3.30. The van der Waals surface area contributed by atoms with Crippen molar-refractivity contribution in [3.8, 4) is 5.88 Å². The lowest BCUT2D eigenvalue weighted by Crippen LogP contribution is -2.00. The zero-order valence-electron chi connectivity index (χ0n) is 7.41. The minimum atomic E-state index is -2.82. The first kappa shape index (κ1) is 11.8. The van der Waals surface area contributed by atoms with E-state index in [1.165, 1.54) is 0 Å². The maximum absolute atomic E-state index is 12.4. The average molecular weight is 283 g/mol. The fourth-order valence-electron chi connectivity index (χ4n) is 0.910. The van der Waals surface area contributed by atoms with E-state index in [0.29, 0.717) is 0 Å². The third-order valence-electron chi connectivity index (χ3n) is 1.55. The predicted molar refractivity (Wildman–Crippen MR) is 50.1 cm³/mol. The Morgan fingerprint density at radius 3 is 2.67 bits per heavy atom. The summed E-state index contributed by atoms with van der Waals surface area (Å²) in [5, 5.41) is 10.5. The highest BCUT2D eigenvalue weighted by molar-refractivity contribution is 9.10. The number of alkyl halides is 2. The van der Waals surface area contributed by atoms with Gasteiger partial charge in [-0.3, -0.25) is 10.1 Å². The molecule has 0 amide bonds. The molecule has 1 rings (SSSR count). The number of pyridine rings is 1. The SMILES string of the molecule is COc1nc(C(F)F)c(Br)cc1[N+](=O)[O-]. The summed E-state index contributed by atoms with van der Waals surface area (Å²) in [6.45, 7) is 0. The van der Waals surface area contributed by atoms with Crippen LogP contribution in [0.3, 0.4) is 0 Å². The molecule has 0 spiro atoms. The van der Waals surface area contributed by atoms with Gasteiger partial charge >= 0.3 is 5.69 Å². The lowest BCUT2D eigenvalue weighted by atomic mass is 10.3. The topological polar surface area (TPSA) is 65.3 Å². The van der Waals surface area contributed by atoms with Crippen molar-refractivity contribution in [2.45, 2.75) is 6.43 Å². The molecule has 8 heteroatoms. The maximum atomic E-state index is 12.4. The molecule has 0 aliphatic rings. The van der Waals surface area contributed by atoms with Crippen LogP contribution in [0.25, 0.3) is 0 Å². The molecule has 5 nitrogen and oxygen atoms in total. The Kier molecular flexibility index (Phi) is 3.51. The van der Waals surface area contributed by atoms with Crippen molar-refractivity contribution in [3.05, 3.63) is 26.3 Å². The van der Waals surface area contributed by atoms with Crippen LogP contribution in [0.4, 0.5) is 14.5 Å². The van der Waals surface area contributed by atoms with E-state index in [1.807, 2.05) is 0 Å². The molecule has 15 heavy (non-hydrogen) atoms. The third kappa shape index (κ3) is 2.38. The van der Waals surface area contributed by atoms with E-state index in [9.17, 15) is 18.9 Å². The molecule has 0 radical (unpaired) electrons. The van der Waals surface area contributed by atoms with Crippen LogP contribution >= 0.6 is 15.9 Å². The molecule has 0 saturated carbocycles. The fraction of sp³-hybridized carbons (Fsp3) is 0.286. The van der Waals surface area contributed by atoms with Gasteiger partial charge in [0.15, 0.2) is 0 Å². The summed E-state index contributed by atoms with van der Waals surface area (Å²) >= 11 is 2.78. The number of aromatic nitrogens is 1. The van der Waals surface area contributed by atoms with Crippen LogP contribution < -0.4 is 4.74 Å². The Morgan fingerprint density at radius 2 is 2.27 bits per heavy atom. The van der Waals surface area contributed by atoms with Crippen LogP contribution in [-0.4, -0.2) is 17.0 Å². The van der Waals surface area contributed by atoms with Crippen LogP contribution in [0.2, 0.25) is 0 Å². The monoisotopic (exact) mass is 282 g/mol. The Morgan fingerprint density at radius 1 is 1.67 bits per heavy atom. The molecule has 0 fully saturated rings. The molecule has 0 aromatic carbocycles. The van der Waals surface area contributed by atoms with Gasteiger partial charge in [0.05, 0.1) is 16.5 Å². The molecule has 1 aromatic heterocycles. The lowest BCUT2D eigenvalue weighted by molar-refractivity contribution is -0.386. The Balaban J connectivity index is 3.35. The standard InChI is InChI=1S/C7H5BrF2N2O3/c1-15-7-4(12(13)14)2-3(8)5(11-7)6(9)10/h2,6H,1H3. The largest absolute Gasteiger partial charge is 0.476 e. The molecule has 0 aliphatic heterocycles. The van der Waals surface area contributed by atoms with Crippen molar-refractivity contribution in [1.82, 2.24) is 4.98 Å². The Bertz CT molecular complexity index is 400. The van der Waals surface area contributed by atoms with E-state index < -0.39 is 28.6 Å². The first-order valence-corrected chi connectivity index (χ1v) is 4.43. The number of halogens is 3. The quantitative estimate of drug-likeness (QED) is 0.632. The van der Waals surface area contributed by atoms with Crippen molar-refractivity contribution >= 4 is 21.6 Å². The summed E-state index contributed by atoms with van der Waals surface area (Å²) in [6.07, 6.45) is -2.82. The van der Waals surface area contributed by atoms with Crippen LogP contribution in [0.1, 0.15) is 12.1 Å². The van der Waals surface area contributed by atoms with E-state index in [4.69, 9.17) is 0 Å². The van der Waals surface area contributed by atoms with Crippen LogP contribution in [0.5, 0.6) is 5.88 Å². The van der Waals surface area contributed by atoms with E-state index in [2.05, 4.69) is 25.7 Å². The highest BCUT2D eigenvalue weighted by Crippen LogP contribution is 2.34. The summed E-state index contributed by atoms with van der Waals surface area (Å²) in [6, 6.07) is 0.938. The van der Waals surface area contributed by atoms with Gasteiger partial charge in [-0.15, -0.1) is 0 Å². The van der Waals surface area contributed by atoms with Crippen molar-refractivity contribution in [3.63, 3.8) is 0 Å². The smallest absolute Gasteiger partial charge is 0.332 e. The number of nitrogens with zero attached hydrogens (tertiary/aromatic N) is 2. The lowest BCUT2D eigenvalue weighted by Gasteiger charge is -2.05. The molecular formula is C7H5BrF2N2O3. The van der Waals surface area contributed by atoms with Gasteiger partial charge in [0.2, 0.25) is 0 Å². The summed E-state index contributed by atoms with van der Waals surface area (Å²) in [5.41, 5.74) is -1.05. The van der Waals surface area contributed by atoms with Crippen molar-refractivity contribution in [2.75, 3.05) is 7.11 Å². The number of ether oxygens (including phenoxy) is 1. The minimum absolute atomic E-state index is 0.120. The molecule has 82 valence electrons. The van der Waals surface area contributed by atoms with Gasteiger partial charge in [-0.2, -0.15) is 0 Å². The average Bonchev–Trinajstić information content (AvgIpc) is 2.16. The number of nitro groups is 1. The maximum Gasteiger partial charge on any atom is 0.332 e. The number of hydrogen-bond donors (Lipinski definition) is 0. The summed E-state index contributed by atoms with van der Waals surface area (Å²) < 4.78 is 29.1. The first-order chi connectivity index (χ1) is 6.97. The van der Waals surface area contributed by atoms with Gasteiger partial charge in [0.25, 0.3) is 12.3 Å². The molecule has 0 N–H and O–H groups in total. The molecule has 0 saturated heterocycles. The molecule has 0 bridgehead atoms. The van der Waals surface area contributed by atoms with Gasteiger partial charge < -0.3 is 4.74 Å². The molecule has 0 aliphatic carbocycles. The van der Waals surface area contributed by atoms with Crippen LogP contribution in [-0.2, 0) is 0 Å². The first-order valence-electron chi connectivity index (χ1n) is 3.64. The fourth-order valence-corrected chi connectivity index (χ4v) is 1.39. The second kappa shape index (κ2) is 4.47. The van der Waals surface area contributed by atoms with E-state index in [-0.39, 0.29) is 4.47 Å². The summed E-state index contributed by atoms with van der Waals surface area (Å²) in [7, 11) is 1.12. The zero-order valence-corrected chi connectivity index (χ0v) is 8.99. The van der Waals surface area contributed by atoms with Gasteiger partial charge in [-0.1, -0.05) is 0 Å². The minimum Gasteiger partial charge on any atom is -0.476 e. The number of hydrogen-bond acceptors (Lipinski definition) is 4. The third-order valence-corrected chi connectivity index (χ3v) is 2.18. The molecule has 1 heterocycles. The number of rotatable bonds is 3. The summed E-state index contributed by atoms with van der Waals surface area (Å²) in [5.74, 6) is -0.432. The molecule has 1 aromatic rings. The highest BCUT2D eigenvalue weighted by Gasteiger charge is 2.23. The van der Waals surface area contributed by atoms with E-state index in [1.54, 1.807) is 0 Å². The van der Waals surface area contributed by atoms with Gasteiger partial charge in [0.1, 0.15) is 5.69 Å². The molecular weight excluding hydrogens is 278 g/mol.